The van der Waals surface area contributed by atoms with E-state index in [4.69, 9.17) is 0 Å². The first-order valence-corrected chi connectivity index (χ1v) is 7.03. The lowest BCUT2D eigenvalue weighted by Crippen LogP contribution is -2.41. The summed E-state index contributed by atoms with van der Waals surface area (Å²) in [7, 11) is 0. The van der Waals surface area contributed by atoms with E-state index in [2.05, 4.69) is 20.9 Å². The zero-order valence-electron chi connectivity index (χ0n) is 12.2. The molecule has 1 aromatic carbocycles. The minimum Gasteiger partial charge on any atom is -0.357 e. The molecule has 7 heteroatoms. The predicted octanol–water partition coefficient (Wildman–Crippen LogP) is 1.33. The molecule has 116 valence electrons. The highest BCUT2D eigenvalue weighted by molar-refractivity contribution is 5.98. The third-order valence-electron chi connectivity index (χ3n) is 3.25. The number of nitrogens with one attached hydrogen (secondary N) is 3. The molecular weight excluding hydrogens is 294 g/mol. The molecule has 3 N–H and O–H groups in total. The average molecular weight is 309 g/mol. The molecule has 0 radical (unpaired) electrons. The van der Waals surface area contributed by atoms with Crippen molar-refractivity contribution in [1.82, 2.24) is 25.6 Å². The maximum atomic E-state index is 12.0. The second-order valence-corrected chi connectivity index (χ2v) is 4.89. The molecule has 3 aromatic rings. The van der Waals surface area contributed by atoms with E-state index < -0.39 is 5.91 Å². The van der Waals surface area contributed by atoms with Gasteiger partial charge in [0, 0.05) is 24.2 Å². The molecule has 0 aliphatic carbocycles. The summed E-state index contributed by atoms with van der Waals surface area (Å²) < 4.78 is 1.80. The Hall–Kier alpha value is -3.35. The number of rotatable bonds is 4. The van der Waals surface area contributed by atoms with Crippen LogP contribution in [0.3, 0.4) is 0 Å². The van der Waals surface area contributed by atoms with Crippen LogP contribution in [-0.4, -0.2) is 26.6 Å². The summed E-state index contributed by atoms with van der Waals surface area (Å²) in [4.78, 5) is 26.5. The van der Waals surface area contributed by atoms with Gasteiger partial charge in [0.15, 0.2) is 0 Å². The lowest BCUT2D eigenvalue weighted by molar-refractivity contribution is 0.0844. The van der Waals surface area contributed by atoms with Gasteiger partial charge in [-0.25, -0.2) is 0 Å². The van der Waals surface area contributed by atoms with Crippen molar-refractivity contribution in [2.45, 2.75) is 6.54 Å². The first-order chi connectivity index (χ1) is 11.2. The fourth-order valence-corrected chi connectivity index (χ4v) is 2.07. The van der Waals surface area contributed by atoms with Crippen LogP contribution in [0, 0.1) is 0 Å². The molecule has 0 saturated heterocycles. The van der Waals surface area contributed by atoms with Crippen LogP contribution in [0.15, 0.2) is 61.1 Å². The van der Waals surface area contributed by atoms with Crippen molar-refractivity contribution in [3.05, 3.63) is 77.9 Å². The molecule has 3 rings (SSSR count). The second-order valence-electron chi connectivity index (χ2n) is 4.89. The molecule has 0 aliphatic rings. The van der Waals surface area contributed by atoms with Crippen LogP contribution < -0.4 is 10.9 Å². The minimum absolute atomic E-state index is 0.375. The van der Waals surface area contributed by atoms with Crippen LogP contribution in [0.2, 0.25) is 0 Å². The number of amides is 2. The zero-order chi connectivity index (χ0) is 16.1. The molecule has 0 unspecified atom stereocenters. The number of nitrogens with zero attached hydrogens (tertiary/aromatic N) is 2. The average Bonchev–Trinajstić information content (AvgIpc) is 3.26. The molecule has 0 bridgehead atoms. The van der Waals surface area contributed by atoms with Crippen LogP contribution in [0.25, 0.3) is 0 Å². The van der Waals surface area contributed by atoms with Gasteiger partial charge < -0.3 is 4.98 Å². The summed E-state index contributed by atoms with van der Waals surface area (Å²) in [6.45, 7) is 0.637. The lowest BCUT2D eigenvalue weighted by Gasteiger charge is -2.07. The van der Waals surface area contributed by atoms with Gasteiger partial charge in [0.05, 0.1) is 6.54 Å². The predicted molar refractivity (Wildman–Crippen MR) is 83.5 cm³/mol. The van der Waals surface area contributed by atoms with Crippen molar-refractivity contribution in [3.8, 4) is 0 Å². The number of carbonyl (C=O) groups is 2. The highest BCUT2D eigenvalue weighted by Gasteiger charge is 2.09. The molecular formula is C16H15N5O2. The monoisotopic (exact) mass is 309 g/mol. The summed E-state index contributed by atoms with van der Waals surface area (Å²) in [6.07, 6.45) is 5.22. The highest BCUT2D eigenvalue weighted by Crippen LogP contribution is 2.06. The number of carbonyl (C=O) groups excluding carboxylic acids is 2. The van der Waals surface area contributed by atoms with Crippen LogP contribution >= 0.6 is 0 Å². The van der Waals surface area contributed by atoms with Gasteiger partial charge in [-0.05, 0) is 35.9 Å². The molecule has 7 nitrogen and oxygen atoms in total. The standard InChI is InChI=1S/C16H15N5O2/c22-15(19-20-16(23)14-3-1-8-17-14)13-6-4-12(5-7-13)11-21-10-2-9-18-21/h1-10,17H,11H2,(H,19,22)(H,20,23). The number of hydrazine groups is 1. The van der Waals surface area contributed by atoms with Crippen molar-refractivity contribution in [2.75, 3.05) is 0 Å². The van der Waals surface area contributed by atoms with Gasteiger partial charge in [0.2, 0.25) is 0 Å². The Morgan fingerprint density at radius 1 is 1.04 bits per heavy atom. The van der Waals surface area contributed by atoms with E-state index in [9.17, 15) is 9.59 Å². The lowest BCUT2D eigenvalue weighted by atomic mass is 10.1. The molecule has 0 fully saturated rings. The van der Waals surface area contributed by atoms with Crippen molar-refractivity contribution in [3.63, 3.8) is 0 Å². The van der Waals surface area contributed by atoms with Crippen LogP contribution in [0.1, 0.15) is 26.4 Å². The largest absolute Gasteiger partial charge is 0.357 e. The molecule has 0 saturated carbocycles. The van der Waals surface area contributed by atoms with E-state index in [1.165, 1.54) is 0 Å². The Balaban J connectivity index is 1.56. The Bertz CT molecular complexity index is 777. The summed E-state index contributed by atoms with van der Waals surface area (Å²) >= 11 is 0. The quantitative estimate of drug-likeness (QED) is 0.635. The molecule has 2 heterocycles. The van der Waals surface area contributed by atoms with Crippen molar-refractivity contribution in [2.24, 2.45) is 0 Å². The molecule has 2 aromatic heterocycles. The molecule has 2 amide bonds. The van der Waals surface area contributed by atoms with Gasteiger partial charge in [0.25, 0.3) is 11.8 Å². The van der Waals surface area contributed by atoms with E-state index in [0.29, 0.717) is 17.8 Å². The Labute approximate surface area is 132 Å². The van der Waals surface area contributed by atoms with E-state index in [1.807, 2.05) is 24.4 Å². The van der Waals surface area contributed by atoms with Crippen LogP contribution in [0.4, 0.5) is 0 Å². The van der Waals surface area contributed by atoms with Gasteiger partial charge in [-0.15, -0.1) is 0 Å². The van der Waals surface area contributed by atoms with Gasteiger partial charge in [-0.1, -0.05) is 12.1 Å². The molecule has 0 atom stereocenters. The Kier molecular flexibility index (Phi) is 4.19. The van der Waals surface area contributed by atoms with E-state index in [-0.39, 0.29) is 5.91 Å². The first-order valence-electron chi connectivity index (χ1n) is 7.03. The maximum absolute atomic E-state index is 12.0. The zero-order valence-corrected chi connectivity index (χ0v) is 12.2. The summed E-state index contributed by atoms with van der Waals surface area (Å²) in [5, 5.41) is 4.13. The van der Waals surface area contributed by atoms with Crippen LogP contribution in [0.5, 0.6) is 0 Å². The number of hydrogen-bond acceptors (Lipinski definition) is 3. The van der Waals surface area contributed by atoms with Gasteiger partial charge >= 0.3 is 0 Å². The maximum Gasteiger partial charge on any atom is 0.286 e. The molecule has 23 heavy (non-hydrogen) atoms. The minimum atomic E-state index is -0.404. The Morgan fingerprint density at radius 2 is 1.83 bits per heavy atom. The molecule has 0 spiro atoms. The fraction of sp³-hybridized carbons (Fsp3) is 0.0625. The van der Waals surface area contributed by atoms with E-state index in [0.717, 1.165) is 5.56 Å². The molecule has 0 aliphatic heterocycles. The van der Waals surface area contributed by atoms with Crippen molar-refractivity contribution >= 4 is 11.8 Å². The number of aromatic nitrogens is 3. The van der Waals surface area contributed by atoms with Gasteiger partial charge in [-0.2, -0.15) is 5.10 Å². The highest BCUT2D eigenvalue weighted by atomic mass is 16.2. The number of H-pyrrole nitrogens is 1. The number of hydrogen-bond donors (Lipinski definition) is 3. The fourth-order valence-electron chi connectivity index (χ4n) is 2.07. The Morgan fingerprint density at radius 3 is 2.48 bits per heavy atom. The SMILES string of the molecule is O=C(NNC(=O)c1ccc[nH]1)c1ccc(Cn2cccn2)cc1. The summed E-state index contributed by atoms with van der Waals surface area (Å²) in [5.41, 5.74) is 6.59. The van der Waals surface area contributed by atoms with Gasteiger partial charge in [-0.3, -0.25) is 25.1 Å². The topological polar surface area (TPSA) is 91.8 Å². The van der Waals surface area contributed by atoms with E-state index >= 15 is 0 Å². The van der Waals surface area contributed by atoms with Gasteiger partial charge in [0.1, 0.15) is 5.69 Å². The third-order valence-corrected chi connectivity index (χ3v) is 3.25. The first kappa shape index (κ1) is 14.6. The second kappa shape index (κ2) is 6.61. The third kappa shape index (κ3) is 3.65. The normalized spacial score (nSPS) is 10.3. The van der Waals surface area contributed by atoms with E-state index in [1.54, 1.807) is 41.3 Å². The summed E-state index contributed by atoms with van der Waals surface area (Å²) in [5.74, 6) is -0.783. The van der Waals surface area contributed by atoms with Crippen molar-refractivity contribution in [1.29, 1.82) is 0 Å². The number of aromatic amines is 1. The van der Waals surface area contributed by atoms with Crippen molar-refractivity contribution < 1.29 is 9.59 Å². The van der Waals surface area contributed by atoms with Crippen LogP contribution in [-0.2, 0) is 6.54 Å². The number of benzene rings is 1. The summed E-state index contributed by atoms with van der Waals surface area (Å²) in [6, 6.07) is 12.3. The smallest absolute Gasteiger partial charge is 0.286 e.